The number of aliphatic hydroxyl groups excluding tert-OH is 1. The molecule has 5 rings (SSSR count). The molecule has 0 radical (unpaired) electrons. The Morgan fingerprint density at radius 1 is 1.07 bits per heavy atom. The summed E-state index contributed by atoms with van der Waals surface area (Å²) in [7, 11) is -2.02. The molecule has 4 N–H and O–H groups in total. The highest BCUT2D eigenvalue weighted by molar-refractivity contribution is 7.89. The number of aliphatic hydroxyl groups is 1. The Kier molecular flexibility index (Phi) is 8.81. The van der Waals surface area contributed by atoms with Gasteiger partial charge in [0.2, 0.25) is 15.9 Å². The summed E-state index contributed by atoms with van der Waals surface area (Å²) >= 11 is 0. The molecule has 2 aromatic carbocycles. The van der Waals surface area contributed by atoms with E-state index in [2.05, 4.69) is 14.6 Å². The molecule has 2 fully saturated rings. The van der Waals surface area contributed by atoms with Crippen LogP contribution < -0.4 is 14.9 Å². The lowest BCUT2D eigenvalue weighted by Gasteiger charge is -2.53. The molecule has 1 atom stereocenters. The number of hydrogen-bond acceptors (Lipinski definition) is 10. The molecule has 42 heavy (non-hydrogen) atoms. The Bertz CT molecular complexity index is 1540. The first kappa shape index (κ1) is 30.3. The maximum absolute atomic E-state index is 13.4. The second-order valence-corrected chi connectivity index (χ2v) is 13.0. The Morgan fingerprint density at radius 3 is 2.43 bits per heavy atom. The number of para-hydroxylation sites is 1. The van der Waals surface area contributed by atoms with Gasteiger partial charge >= 0.3 is 0 Å². The second-order valence-electron chi connectivity index (χ2n) is 11.3. The van der Waals surface area contributed by atoms with E-state index in [1.807, 2.05) is 50.1 Å². The number of hydrogen-bond donors (Lipinski definition) is 4. The Labute approximate surface area is 245 Å². The number of likely N-dealkylation sites (N-methyl/N-ethyl adjacent to an activating group) is 1. The number of fused-ring (bicyclic) bond motifs is 1. The van der Waals surface area contributed by atoms with Crippen LogP contribution in [0.4, 0.5) is 0 Å². The molecule has 0 saturated carbocycles. The summed E-state index contributed by atoms with van der Waals surface area (Å²) in [6.07, 6.45) is -1.18. The van der Waals surface area contributed by atoms with Crippen molar-refractivity contribution in [1.82, 2.24) is 29.9 Å². The van der Waals surface area contributed by atoms with Crippen molar-refractivity contribution in [3.05, 3.63) is 65.4 Å². The smallest absolute Gasteiger partial charge is 0.245 e. The van der Waals surface area contributed by atoms with Gasteiger partial charge in [-0.05, 0) is 56.8 Å². The first-order valence-corrected chi connectivity index (χ1v) is 15.4. The van der Waals surface area contributed by atoms with Gasteiger partial charge in [0.25, 0.3) is 0 Å². The maximum Gasteiger partial charge on any atom is 0.245 e. The number of rotatable bonds is 10. The average Bonchev–Trinajstić information content (AvgIpc) is 2.95. The predicted octanol–water partition coefficient (Wildman–Crippen LogP) is 1.18. The normalized spacial score (nSPS) is 18.9. The number of nitrogens with one attached hydrogen (secondary N) is 2. The van der Waals surface area contributed by atoms with Gasteiger partial charge in [0.05, 0.1) is 22.4 Å². The molecule has 1 unspecified atom stereocenters. The third kappa shape index (κ3) is 6.57. The summed E-state index contributed by atoms with van der Waals surface area (Å²) in [5.74, 6) is -0.215. The van der Waals surface area contributed by atoms with Crippen molar-refractivity contribution in [2.75, 3.05) is 46.3 Å². The number of amides is 1. The molecular formula is C29H38N6O6S. The summed E-state index contributed by atoms with van der Waals surface area (Å²) in [5.41, 5.74) is 4.28. The van der Waals surface area contributed by atoms with Crippen molar-refractivity contribution in [3.63, 3.8) is 0 Å². The lowest BCUT2D eigenvalue weighted by Crippen LogP contribution is -2.75. The van der Waals surface area contributed by atoms with Gasteiger partial charge in [-0.1, -0.05) is 18.2 Å². The Morgan fingerprint density at radius 2 is 1.76 bits per heavy atom. The lowest BCUT2D eigenvalue weighted by atomic mass is 9.87. The van der Waals surface area contributed by atoms with Crippen molar-refractivity contribution in [2.45, 2.75) is 43.7 Å². The van der Waals surface area contributed by atoms with E-state index in [-0.39, 0.29) is 24.4 Å². The van der Waals surface area contributed by atoms with Gasteiger partial charge in [0.1, 0.15) is 12.4 Å². The topological polar surface area (TPSA) is 148 Å². The standard InChI is InChI=1S/C29H38N6O6S/c1-20-5-4-6-25-22(15-21(2)30-27(20)25)17-41-23-7-9-24(10-8-23)42(39,40)32-29(16-26(36)31-38)18-35(19-29)28(37)34-13-11-33(3)12-14-34/h4-10,15,28,32,37-38H,11-14,16-19H2,1-3H3,(H,31,36). The summed E-state index contributed by atoms with van der Waals surface area (Å²) in [4.78, 5) is 22.6. The van der Waals surface area contributed by atoms with Crippen LogP contribution in [-0.4, -0.2) is 103 Å². The van der Waals surface area contributed by atoms with Gasteiger partial charge in [-0.15, -0.1) is 0 Å². The fourth-order valence-corrected chi connectivity index (χ4v) is 7.07. The zero-order chi connectivity index (χ0) is 30.1. The molecule has 2 aliphatic heterocycles. The van der Waals surface area contributed by atoms with Gasteiger partial charge in [-0.25, -0.2) is 18.6 Å². The number of pyridine rings is 1. The SMILES string of the molecule is Cc1cc(COc2ccc(S(=O)(=O)NC3(CC(=O)NO)CN(C(O)N4CCN(C)CC4)C3)cc2)c2cccc(C)c2n1. The molecule has 2 saturated heterocycles. The summed E-state index contributed by atoms with van der Waals surface area (Å²) in [6, 6.07) is 14.1. The predicted molar refractivity (Wildman–Crippen MR) is 156 cm³/mol. The highest BCUT2D eigenvalue weighted by Gasteiger charge is 2.50. The fourth-order valence-electron chi connectivity index (χ4n) is 5.68. The van der Waals surface area contributed by atoms with Gasteiger partial charge in [-0.2, -0.15) is 0 Å². The number of carbonyl (C=O) groups is 1. The number of likely N-dealkylation sites (tertiary alicyclic amines) is 1. The monoisotopic (exact) mass is 598 g/mol. The molecule has 0 bridgehead atoms. The van der Waals surface area contributed by atoms with Crippen LogP contribution >= 0.6 is 0 Å². The molecule has 226 valence electrons. The van der Waals surface area contributed by atoms with Crippen molar-refractivity contribution >= 4 is 26.8 Å². The summed E-state index contributed by atoms with van der Waals surface area (Å²) in [5, 5.41) is 21.0. The molecule has 2 aliphatic rings. The van der Waals surface area contributed by atoms with Crippen molar-refractivity contribution < 1.29 is 28.3 Å². The van der Waals surface area contributed by atoms with E-state index >= 15 is 0 Å². The minimum absolute atomic E-state index is 0.0116. The van der Waals surface area contributed by atoms with Crippen LogP contribution in [0, 0.1) is 13.8 Å². The minimum Gasteiger partial charge on any atom is -0.489 e. The molecule has 1 aromatic heterocycles. The van der Waals surface area contributed by atoms with Gasteiger partial charge in [-0.3, -0.25) is 24.8 Å². The zero-order valence-corrected chi connectivity index (χ0v) is 24.9. The number of sulfonamides is 1. The number of carbonyl (C=O) groups excluding carboxylic acids is 1. The highest BCUT2D eigenvalue weighted by Crippen LogP contribution is 2.30. The largest absolute Gasteiger partial charge is 0.489 e. The molecule has 3 heterocycles. The minimum atomic E-state index is -4.04. The molecule has 3 aromatic rings. The number of ether oxygens (including phenoxy) is 1. The van der Waals surface area contributed by atoms with Crippen LogP contribution in [0.5, 0.6) is 5.75 Å². The van der Waals surface area contributed by atoms with Crippen LogP contribution in [0.15, 0.2) is 53.4 Å². The second kappa shape index (κ2) is 12.2. The first-order chi connectivity index (χ1) is 20.0. The van der Waals surface area contributed by atoms with E-state index in [0.29, 0.717) is 25.4 Å². The van der Waals surface area contributed by atoms with E-state index in [1.165, 1.54) is 12.1 Å². The molecule has 1 amide bonds. The van der Waals surface area contributed by atoms with Gasteiger partial charge in [0.15, 0.2) is 6.35 Å². The third-order valence-electron chi connectivity index (χ3n) is 7.96. The third-order valence-corrected chi connectivity index (χ3v) is 9.55. The van der Waals surface area contributed by atoms with Crippen molar-refractivity contribution in [2.24, 2.45) is 0 Å². The van der Waals surface area contributed by atoms with Crippen molar-refractivity contribution in [3.8, 4) is 5.75 Å². The van der Waals surface area contributed by atoms with Gasteiger partial charge < -0.3 is 14.7 Å². The lowest BCUT2D eigenvalue weighted by molar-refractivity contribution is -0.172. The molecule has 13 heteroatoms. The first-order valence-electron chi connectivity index (χ1n) is 13.9. The maximum atomic E-state index is 13.4. The number of benzene rings is 2. The molecule has 0 spiro atoms. The molecule has 0 aliphatic carbocycles. The number of piperazine rings is 1. The van der Waals surface area contributed by atoms with Crippen molar-refractivity contribution in [1.29, 1.82) is 0 Å². The number of nitrogens with zero attached hydrogens (tertiary/aromatic N) is 4. The average molecular weight is 599 g/mol. The highest BCUT2D eigenvalue weighted by atomic mass is 32.2. The van der Waals surface area contributed by atoms with Crippen LogP contribution in [-0.2, 0) is 21.4 Å². The van der Waals surface area contributed by atoms with E-state index in [9.17, 15) is 18.3 Å². The Balaban J connectivity index is 1.26. The van der Waals surface area contributed by atoms with E-state index in [0.717, 1.165) is 40.8 Å². The van der Waals surface area contributed by atoms with Gasteiger partial charge in [0, 0.05) is 55.9 Å². The van der Waals surface area contributed by atoms with E-state index in [4.69, 9.17) is 9.94 Å². The molecule has 12 nitrogen and oxygen atoms in total. The fraction of sp³-hybridized carbons (Fsp3) is 0.448. The van der Waals surface area contributed by atoms with Crippen LogP contribution in [0.1, 0.15) is 23.2 Å². The quantitative estimate of drug-likeness (QED) is 0.198. The zero-order valence-electron chi connectivity index (χ0n) is 24.1. The van der Waals surface area contributed by atoms with E-state index in [1.54, 1.807) is 22.5 Å². The summed E-state index contributed by atoms with van der Waals surface area (Å²) in [6.45, 7) is 7.43. The van der Waals surface area contributed by atoms with E-state index < -0.39 is 27.8 Å². The Hall–Kier alpha value is -3.17. The summed E-state index contributed by atoms with van der Waals surface area (Å²) < 4.78 is 35.4. The van der Waals surface area contributed by atoms with Crippen LogP contribution in [0.3, 0.4) is 0 Å². The number of hydroxylamine groups is 1. The molecular weight excluding hydrogens is 560 g/mol. The van der Waals surface area contributed by atoms with Crippen LogP contribution in [0.25, 0.3) is 10.9 Å². The number of aryl methyl sites for hydroxylation is 2. The number of aromatic nitrogens is 1. The van der Waals surface area contributed by atoms with Crippen LogP contribution in [0.2, 0.25) is 0 Å².